The molecule has 0 bridgehead atoms. The monoisotopic (exact) mass is 382 g/mol. The van der Waals surface area contributed by atoms with E-state index in [0.717, 1.165) is 21.2 Å². The highest BCUT2D eigenvalue weighted by atomic mass is 79.9. The minimum atomic E-state index is -0.0305. The topological polar surface area (TPSA) is 34.9 Å². The van der Waals surface area contributed by atoms with Crippen LogP contribution in [0.1, 0.15) is 23.0 Å². The summed E-state index contributed by atoms with van der Waals surface area (Å²) in [5.41, 5.74) is 1.55. The van der Waals surface area contributed by atoms with Gasteiger partial charge >= 0.3 is 0 Å². The summed E-state index contributed by atoms with van der Waals surface area (Å²) in [7, 11) is 0. The number of nitrogens with zero attached hydrogens (tertiary/aromatic N) is 2. The first kappa shape index (κ1) is 14.2. The predicted molar refractivity (Wildman–Crippen MR) is 83.1 cm³/mol. The fraction of sp³-hybridized carbons (Fsp3) is 0.143. The summed E-state index contributed by atoms with van der Waals surface area (Å²) in [5.74, 6) is -0.0305. The second-order valence-corrected chi connectivity index (χ2v) is 5.67. The van der Waals surface area contributed by atoms with Crippen molar-refractivity contribution in [1.29, 1.82) is 0 Å². The van der Waals surface area contributed by atoms with Crippen LogP contribution >= 0.6 is 31.9 Å². The van der Waals surface area contributed by atoms with Gasteiger partial charge < -0.3 is 0 Å². The zero-order valence-electron chi connectivity index (χ0n) is 10.3. The molecule has 1 heterocycles. The highest BCUT2D eigenvalue weighted by molar-refractivity contribution is 9.10. The lowest BCUT2D eigenvalue weighted by Gasteiger charge is -2.00. The average Bonchev–Trinajstić information content (AvgIpc) is 2.76. The van der Waals surface area contributed by atoms with Crippen molar-refractivity contribution in [2.45, 2.75) is 13.5 Å². The second-order valence-electron chi connectivity index (χ2n) is 3.90. The van der Waals surface area contributed by atoms with Gasteiger partial charge in [-0.1, -0.05) is 28.1 Å². The number of hydrogen-bond acceptors (Lipinski definition) is 2. The average molecular weight is 384 g/mol. The number of aromatic nitrogens is 2. The SMILES string of the molecule is CCn1ncc(Br)c1/C=C/C(=O)c1cccc(Br)c1. The Kier molecular flexibility index (Phi) is 4.71. The molecule has 0 aliphatic carbocycles. The van der Waals surface area contributed by atoms with E-state index in [1.165, 1.54) is 0 Å². The molecule has 0 saturated heterocycles. The van der Waals surface area contributed by atoms with Crippen LogP contribution < -0.4 is 0 Å². The Balaban J connectivity index is 2.23. The predicted octanol–water partition coefficient (Wildman–Crippen LogP) is 4.32. The Morgan fingerprint density at radius 1 is 1.42 bits per heavy atom. The fourth-order valence-electron chi connectivity index (χ4n) is 1.68. The molecule has 98 valence electrons. The van der Waals surface area contributed by atoms with Gasteiger partial charge in [-0.3, -0.25) is 9.48 Å². The normalized spacial score (nSPS) is 11.1. The molecule has 0 amide bonds. The summed E-state index contributed by atoms with van der Waals surface area (Å²) in [5, 5.41) is 4.20. The Hall–Kier alpha value is -1.20. The summed E-state index contributed by atoms with van der Waals surface area (Å²) >= 11 is 6.78. The van der Waals surface area contributed by atoms with Crippen molar-refractivity contribution >= 4 is 43.7 Å². The molecule has 0 aliphatic rings. The summed E-state index contributed by atoms with van der Waals surface area (Å²) in [4.78, 5) is 12.1. The summed E-state index contributed by atoms with van der Waals surface area (Å²) in [6, 6.07) is 7.34. The van der Waals surface area contributed by atoms with Gasteiger partial charge in [-0.2, -0.15) is 5.10 Å². The lowest BCUT2D eigenvalue weighted by molar-refractivity contribution is 0.104. The molecule has 0 atom stereocenters. The summed E-state index contributed by atoms with van der Waals surface area (Å²) in [6.07, 6.45) is 5.08. The van der Waals surface area contributed by atoms with Gasteiger partial charge in [0.2, 0.25) is 0 Å². The number of hydrogen-bond donors (Lipinski definition) is 0. The maximum Gasteiger partial charge on any atom is 0.185 e. The van der Waals surface area contributed by atoms with Gasteiger partial charge in [0.05, 0.1) is 16.4 Å². The van der Waals surface area contributed by atoms with Crippen LogP contribution in [0, 0.1) is 0 Å². The standard InChI is InChI=1S/C14H12Br2N2O/c1-2-18-13(12(16)9-17-18)6-7-14(19)10-4-3-5-11(15)8-10/h3-9H,2H2,1H3/b7-6+. The number of halogens is 2. The number of allylic oxidation sites excluding steroid dienone is 1. The van der Waals surface area contributed by atoms with E-state index in [9.17, 15) is 4.79 Å². The van der Waals surface area contributed by atoms with Crippen molar-refractivity contribution in [3.05, 3.63) is 56.7 Å². The third kappa shape index (κ3) is 3.42. The molecule has 3 nitrogen and oxygen atoms in total. The van der Waals surface area contributed by atoms with E-state index >= 15 is 0 Å². The van der Waals surface area contributed by atoms with Gasteiger partial charge in [0.15, 0.2) is 5.78 Å². The van der Waals surface area contributed by atoms with Gasteiger partial charge in [0.1, 0.15) is 0 Å². The van der Waals surface area contributed by atoms with E-state index in [1.54, 1.807) is 30.5 Å². The second kappa shape index (κ2) is 6.30. The zero-order chi connectivity index (χ0) is 13.8. The first-order chi connectivity index (χ1) is 9.11. The van der Waals surface area contributed by atoms with Crippen LogP contribution in [-0.2, 0) is 6.54 Å². The van der Waals surface area contributed by atoms with Crippen molar-refractivity contribution in [2.75, 3.05) is 0 Å². The Bertz CT molecular complexity index is 632. The van der Waals surface area contributed by atoms with Gasteiger partial charge in [-0.25, -0.2) is 0 Å². The third-order valence-corrected chi connectivity index (χ3v) is 3.74. The Morgan fingerprint density at radius 3 is 2.89 bits per heavy atom. The zero-order valence-corrected chi connectivity index (χ0v) is 13.5. The van der Waals surface area contributed by atoms with Crippen molar-refractivity contribution in [3.8, 4) is 0 Å². The van der Waals surface area contributed by atoms with Crippen molar-refractivity contribution < 1.29 is 4.79 Å². The van der Waals surface area contributed by atoms with Gasteiger partial charge in [0.25, 0.3) is 0 Å². The lowest BCUT2D eigenvalue weighted by Crippen LogP contribution is -1.99. The van der Waals surface area contributed by atoms with Crippen molar-refractivity contribution in [3.63, 3.8) is 0 Å². The van der Waals surface area contributed by atoms with E-state index in [0.29, 0.717) is 5.56 Å². The first-order valence-corrected chi connectivity index (χ1v) is 7.39. The van der Waals surface area contributed by atoms with Crippen molar-refractivity contribution in [1.82, 2.24) is 9.78 Å². The van der Waals surface area contributed by atoms with Gasteiger partial charge in [0, 0.05) is 16.6 Å². The van der Waals surface area contributed by atoms with Crippen LogP contribution in [0.15, 0.2) is 45.5 Å². The van der Waals surface area contributed by atoms with Crippen LogP contribution in [0.2, 0.25) is 0 Å². The molecular formula is C14H12Br2N2O. The molecule has 0 unspecified atom stereocenters. The third-order valence-electron chi connectivity index (χ3n) is 2.63. The number of aryl methyl sites for hydroxylation is 1. The van der Waals surface area contributed by atoms with E-state index in [1.807, 2.05) is 23.7 Å². The molecule has 1 aromatic carbocycles. The van der Waals surface area contributed by atoms with Crippen LogP contribution in [0.4, 0.5) is 0 Å². The van der Waals surface area contributed by atoms with Crippen LogP contribution in [0.5, 0.6) is 0 Å². The Labute approximate surface area is 128 Å². The van der Waals surface area contributed by atoms with E-state index in [-0.39, 0.29) is 5.78 Å². The number of rotatable bonds is 4. The molecule has 0 saturated carbocycles. The lowest BCUT2D eigenvalue weighted by atomic mass is 10.1. The highest BCUT2D eigenvalue weighted by Crippen LogP contribution is 2.18. The molecule has 19 heavy (non-hydrogen) atoms. The summed E-state index contributed by atoms with van der Waals surface area (Å²) < 4.78 is 3.61. The molecule has 2 aromatic rings. The number of carbonyl (C=O) groups excluding carboxylic acids is 1. The summed E-state index contributed by atoms with van der Waals surface area (Å²) in [6.45, 7) is 2.77. The number of ketones is 1. The largest absolute Gasteiger partial charge is 0.289 e. The van der Waals surface area contributed by atoms with E-state index in [2.05, 4.69) is 37.0 Å². The Morgan fingerprint density at radius 2 is 2.21 bits per heavy atom. The van der Waals surface area contributed by atoms with E-state index < -0.39 is 0 Å². The van der Waals surface area contributed by atoms with Crippen LogP contribution in [0.3, 0.4) is 0 Å². The van der Waals surface area contributed by atoms with Gasteiger partial charge in [-0.15, -0.1) is 0 Å². The molecule has 5 heteroatoms. The fourth-order valence-corrected chi connectivity index (χ4v) is 2.51. The molecule has 0 fully saturated rings. The first-order valence-electron chi connectivity index (χ1n) is 5.81. The van der Waals surface area contributed by atoms with Crippen molar-refractivity contribution in [2.24, 2.45) is 0 Å². The molecule has 0 radical (unpaired) electrons. The van der Waals surface area contributed by atoms with Crippen LogP contribution in [0.25, 0.3) is 6.08 Å². The minimum absolute atomic E-state index is 0.0305. The van der Waals surface area contributed by atoms with E-state index in [4.69, 9.17) is 0 Å². The smallest absolute Gasteiger partial charge is 0.185 e. The molecule has 0 N–H and O–H groups in total. The molecular weight excluding hydrogens is 372 g/mol. The van der Waals surface area contributed by atoms with Crippen LogP contribution in [-0.4, -0.2) is 15.6 Å². The highest BCUT2D eigenvalue weighted by Gasteiger charge is 2.06. The number of carbonyl (C=O) groups is 1. The molecule has 0 spiro atoms. The maximum absolute atomic E-state index is 12.1. The molecule has 2 rings (SSSR count). The number of benzene rings is 1. The molecule has 0 aliphatic heterocycles. The maximum atomic E-state index is 12.1. The van der Waals surface area contributed by atoms with Gasteiger partial charge in [-0.05, 0) is 47.1 Å². The molecule has 1 aromatic heterocycles. The quantitative estimate of drug-likeness (QED) is 0.581. The minimum Gasteiger partial charge on any atom is -0.289 e.